The van der Waals surface area contributed by atoms with E-state index < -0.39 is 0 Å². The van der Waals surface area contributed by atoms with Crippen LogP contribution in [0.5, 0.6) is 0 Å². The quantitative estimate of drug-likeness (QED) is 0.281. The molecule has 0 spiro atoms. The number of benzene rings is 1. The molecule has 196 valence electrons. The van der Waals surface area contributed by atoms with Crippen molar-refractivity contribution in [2.45, 2.75) is 77.2 Å². The lowest BCUT2D eigenvalue weighted by atomic mass is 9.98. The van der Waals surface area contributed by atoms with Crippen molar-refractivity contribution >= 4 is 30.2 Å². The largest absolute Gasteiger partial charge is 0.350 e. The van der Waals surface area contributed by atoms with Crippen molar-refractivity contribution in [3.63, 3.8) is 0 Å². The molecule has 1 aliphatic heterocycles. The number of carbonyl (C=O) groups is 2. The smallest absolute Gasteiger partial charge is 0.219 e. The monoisotopic (exact) mass is 501 g/mol. The number of pyridine rings is 1. The zero-order valence-corrected chi connectivity index (χ0v) is 22.6. The van der Waals surface area contributed by atoms with Gasteiger partial charge in [0.05, 0.1) is 11.3 Å². The highest BCUT2D eigenvalue weighted by molar-refractivity contribution is 6.06. The highest BCUT2D eigenvalue weighted by Crippen LogP contribution is 2.50. The van der Waals surface area contributed by atoms with Crippen LogP contribution in [0, 0.1) is 0 Å². The number of anilines is 2. The molecule has 2 amide bonds. The van der Waals surface area contributed by atoms with Crippen LogP contribution in [0.15, 0.2) is 29.3 Å². The summed E-state index contributed by atoms with van der Waals surface area (Å²) in [6.07, 6.45) is 8.26. The number of hydrogen-bond donors (Lipinski definition) is 0. The van der Waals surface area contributed by atoms with E-state index in [2.05, 4.69) is 49.9 Å². The summed E-state index contributed by atoms with van der Waals surface area (Å²) in [5.74, 6) is 2.57. The van der Waals surface area contributed by atoms with Crippen LogP contribution in [0.2, 0.25) is 0 Å². The van der Waals surface area contributed by atoms with Crippen molar-refractivity contribution in [3.8, 4) is 0 Å². The SMILES string of the molecule is CCc1cccc(CC)c1N(C=O)c1nc(C2CC2)c(C2CC2)cc1C(=NC)N1CCN(C=O)CC1C. The lowest BCUT2D eigenvalue weighted by molar-refractivity contribution is -0.120. The third kappa shape index (κ3) is 4.88. The van der Waals surface area contributed by atoms with Crippen LogP contribution in [0.25, 0.3) is 0 Å². The van der Waals surface area contributed by atoms with Crippen LogP contribution in [0.1, 0.15) is 86.2 Å². The number of amidine groups is 1. The standard InChI is InChI=1S/C30H39N5O2/c1-5-21-8-7-9-22(6-2)28(21)35(19-37)30-26(16-25(23-10-11-23)27(32-30)24-12-13-24)29(31-4)34-15-14-33(18-36)17-20(34)3/h7-9,16,18-20,23-24H,5-6,10-15,17H2,1-4H3. The Balaban J connectivity index is 1.69. The topological polar surface area (TPSA) is 69.1 Å². The van der Waals surface area contributed by atoms with Gasteiger partial charge in [-0.25, -0.2) is 4.98 Å². The summed E-state index contributed by atoms with van der Waals surface area (Å²) in [6.45, 7) is 8.40. The summed E-state index contributed by atoms with van der Waals surface area (Å²) < 4.78 is 0. The predicted octanol–water partition coefficient (Wildman–Crippen LogP) is 4.79. The summed E-state index contributed by atoms with van der Waals surface area (Å²) in [6, 6.07) is 8.71. The fourth-order valence-corrected chi connectivity index (χ4v) is 5.82. The molecule has 2 saturated carbocycles. The zero-order valence-electron chi connectivity index (χ0n) is 22.6. The average Bonchev–Trinajstić information content (AvgIpc) is 3.84. The fourth-order valence-electron chi connectivity index (χ4n) is 5.82. The molecule has 2 aromatic rings. The summed E-state index contributed by atoms with van der Waals surface area (Å²) in [5.41, 5.74) is 6.66. The van der Waals surface area contributed by atoms with Gasteiger partial charge in [0, 0.05) is 44.3 Å². The highest BCUT2D eigenvalue weighted by Gasteiger charge is 2.38. The Morgan fingerprint density at radius 1 is 1.08 bits per heavy atom. The summed E-state index contributed by atoms with van der Waals surface area (Å²) >= 11 is 0. The first-order valence-corrected chi connectivity index (χ1v) is 13.9. The van der Waals surface area contributed by atoms with E-state index in [4.69, 9.17) is 9.98 Å². The van der Waals surface area contributed by atoms with Gasteiger partial charge in [0.1, 0.15) is 5.84 Å². The van der Waals surface area contributed by atoms with Crippen LogP contribution >= 0.6 is 0 Å². The van der Waals surface area contributed by atoms with Crippen LogP contribution in [-0.4, -0.2) is 66.2 Å². The summed E-state index contributed by atoms with van der Waals surface area (Å²) in [5, 5.41) is 0. The second-order valence-corrected chi connectivity index (χ2v) is 10.7. The Morgan fingerprint density at radius 2 is 1.76 bits per heavy atom. The number of para-hydroxylation sites is 1. The Morgan fingerprint density at radius 3 is 2.27 bits per heavy atom. The Hall–Kier alpha value is -3.22. The molecule has 1 saturated heterocycles. The van der Waals surface area contributed by atoms with Gasteiger partial charge in [-0.1, -0.05) is 32.0 Å². The molecular weight excluding hydrogens is 462 g/mol. The number of amides is 2. The predicted molar refractivity (Wildman–Crippen MR) is 148 cm³/mol. The highest BCUT2D eigenvalue weighted by atomic mass is 16.1. The molecule has 0 radical (unpaired) electrons. The number of rotatable bonds is 9. The van der Waals surface area contributed by atoms with Crippen LogP contribution in [0.4, 0.5) is 11.5 Å². The molecule has 2 aliphatic carbocycles. The fraction of sp³-hybridized carbons (Fsp3) is 0.533. The molecule has 0 bridgehead atoms. The molecule has 1 aromatic carbocycles. The van der Waals surface area contributed by atoms with Gasteiger partial charge < -0.3 is 9.80 Å². The van der Waals surface area contributed by atoms with Gasteiger partial charge in [0.25, 0.3) is 0 Å². The van der Waals surface area contributed by atoms with Crippen molar-refractivity contribution in [3.05, 3.63) is 52.2 Å². The number of hydrogen-bond acceptors (Lipinski definition) is 4. The van der Waals surface area contributed by atoms with E-state index in [1.165, 1.54) is 24.1 Å². The minimum atomic E-state index is 0.108. The Bertz CT molecular complexity index is 1180. The molecule has 7 heteroatoms. The first-order valence-electron chi connectivity index (χ1n) is 13.9. The van der Waals surface area contributed by atoms with Crippen molar-refractivity contribution in [2.75, 3.05) is 31.6 Å². The van der Waals surface area contributed by atoms with Gasteiger partial charge in [-0.15, -0.1) is 0 Å². The molecule has 1 aromatic heterocycles. The maximum absolute atomic E-state index is 12.9. The summed E-state index contributed by atoms with van der Waals surface area (Å²) in [4.78, 5) is 40.4. The number of carbonyl (C=O) groups excluding carboxylic acids is 2. The number of aliphatic imine (C=N–C) groups is 1. The van der Waals surface area contributed by atoms with Crippen molar-refractivity contribution in [1.82, 2.24) is 14.8 Å². The normalized spacial score (nSPS) is 20.2. The molecule has 37 heavy (non-hydrogen) atoms. The van der Waals surface area contributed by atoms with Crippen LogP contribution in [-0.2, 0) is 22.4 Å². The molecule has 5 rings (SSSR count). The van der Waals surface area contributed by atoms with E-state index in [-0.39, 0.29) is 6.04 Å². The van der Waals surface area contributed by atoms with Gasteiger partial charge in [-0.3, -0.25) is 19.5 Å². The average molecular weight is 502 g/mol. The lowest BCUT2D eigenvalue weighted by Crippen LogP contribution is -2.54. The van der Waals surface area contributed by atoms with E-state index in [1.54, 1.807) is 4.90 Å². The molecule has 3 aliphatic rings. The number of piperazine rings is 1. The maximum atomic E-state index is 12.9. The molecular formula is C30H39N5O2. The van der Waals surface area contributed by atoms with Gasteiger partial charge in [0.15, 0.2) is 5.82 Å². The second kappa shape index (κ2) is 10.6. The first-order chi connectivity index (χ1) is 18.0. The minimum Gasteiger partial charge on any atom is -0.350 e. The van der Waals surface area contributed by atoms with Gasteiger partial charge in [-0.05, 0) is 74.1 Å². The van der Waals surface area contributed by atoms with Crippen molar-refractivity contribution in [1.29, 1.82) is 0 Å². The molecule has 3 fully saturated rings. The van der Waals surface area contributed by atoms with E-state index in [0.717, 1.165) is 66.7 Å². The van der Waals surface area contributed by atoms with Crippen LogP contribution in [0.3, 0.4) is 0 Å². The first kappa shape index (κ1) is 25.4. The lowest BCUT2D eigenvalue weighted by Gasteiger charge is -2.40. The number of aromatic nitrogens is 1. The Labute approximate surface area is 220 Å². The van der Waals surface area contributed by atoms with Gasteiger partial charge in [0.2, 0.25) is 12.8 Å². The van der Waals surface area contributed by atoms with E-state index in [9.17, 15) is 9.59 Å². The molecule has 7 nitrogen and oxygen atoms in total. The summed E-state index contributed by atoms with van der Waals surface area (Å²) in [7, 11) is 1.83. The van der Waals surface area contributed by atoms with Crippen molar-refractivity contribution in [2.24, 2.45) is 4.99 Å². The molecule has 0 N–H and O–H groups in total. The molecule has 2 heterocycles. The number of aryl methyl sites for hydroxylation is 2. The minimum absolute atomic E-state index is 0.108. The van der Waals surface area contributed by atoms with Gasteiger partial charge in [-0.2, -0.15) is 0 Å². The third-order valence-electron chi connectivity index (χ3n) is 8.12. The third-order valence-corrected chi connectivity index (χ3v) is 8.12. The maximum Gasteiger partial charge on any atom is 0.219 e. The van der Waals surface area contributed by atoms with E-state index >= 15 is 0 Å². The van der Waals surface area contributed by atoms with E-state index in [0.29, 0.717) is 37.3 Å². The molecule has 1 unspecified atom stereocenters. The zero-order chi connectivity index (χ0) is 26.1. The molecule has 1 atom stereocenters. The number of nitrogens with zero attached hydrogens (tertiary/aromatic N) is 5. The van der Waals surface area contributed by atoms with E-state index in [1.807, 2.05) is 11.9 Å². The van der Waals surface area contributed by atoms with Gasteiger partial charge >= 0.3 is 0 Å². The van der Waals surface area contributed by atoms with Crippen molar-refractivity contribution < 1.29 is 9.59 Å². The second-order valence-electron chi connectivity index (χ2n) is 10.7. The van der Waals surface area contributed by atoms with Crippen LogP contribution < -0.4 is 4.90 Å². The Kier molecular flexibility index (Phi) is 7.31.